The van der Waals surface area contributed by atoms with Crippen molar-refractivity contribution in [1.29, 1.82) is 0 Å². The van der Waals surface area contributed by atoms with Crippen LogP contribution in [0.3, 0.4) is 0 Å². The molecule has 1 fully saturated rings. The lowest BCUT2D eigenvalue weighted by Crippen LogP contribution is -2.15. The third-order valence-corrected chi connectivity index (χ3v) is 3.26. The van der Waals surface area contributed by atoms with Crippen molar-refractivity contribution in [3.63, 3.8) is 0 Å². The number of hydrogen-bond donors (Lipinski definition) is 1. The summed E-state index contributed by atoms with van der Waals surface area (Å²) in [6.45, 7) is 3.35. The van der Waals surface area contributed by atoms with E-state index in [2.05, 4.69) is 5.32 Å². The van der Waals surface area contributed by atoms with Crippen molar-refractivity contribution in [2.75, 3.05) is 5.32 Å². The molecule has 0 radical (unpaired) electrons. The second kappa shape index (κ2) is 4.30. The molecule has 0 heterocycles. The van der Waals surface area contributed by atoms with E-state index in [4.69, 9.17) is 0 Å². The monoisotopic (exact) mass is 257 g/mol. The average molecular weight is 257 g/mol. The third-order valence-electron chi connectivity index (χ3n) is 3.26. The Morgan fingerprint density at radius 2 is 2.00 bits per heavy atom. The van der Waals surface area contributed by atoms with Crippen LogP contribution in [0.25, 0.3) is 0 Å². The van der Waals surface area contributed by atoms with Gasteiger partial charge in [-0.1, -0.05) is 13.0 Å². The number of halogens is 3. The molecule has 0 bridgehead atoms. The molecule has 5 heteroatoms. The van der Waals surface area contributed by atoms with Crippen LogP contribution in [0.15, 0.2) is 18.2 Å². The number of carbonyl (C=O) groups is 1. The van der Waals surface area contributed by atoms with Gasteiger partial charge in [-0.2, -0.15) is 13.2 Å². The van der Waals surface area contributed by atoms with Crippen molar-refractivity contribution in [2.24, 2.45) is 11.8 Å². The molecule has 0 aromatic heterocycles. The highest BCUT2D eigenvalue weighted by atomic mass is 19.4. The maximum atomic E-state index is 12.7. The number of nitrogens with one attached hydrogen (secondary N) is 1. The number of rotatable bonds is 2. The van der Waals surface area contributed by atoms with Crippen LogP contribution in [0.2, 0.25) is 0 Å². The highest BCUT2D eigenvalue weighted by molar-refractivity contribution is 5.94. The van der Waals surface area contributed by atoms with Gasteiger partial charge in [0.15, 0.2) is 0 Å². The van der Waals surface area contributed by atoms with Gasteiger partial charge in [0.05, 0.1) is 5.56 Å². The minimum atomic E-state index is -4.39. The zero-order valence-electron chi connectivity index (χ0n) is 10.1. The lowest BCUT2D eigenvalue weighted by molar-refractivity contribution is -0.138. The quantitative estimate of drug-likeness (QED) is 0.861. The van der Waals surface area contributed by atoms with E-state index in [0.29, 0.717) is 5.92 Å². The molecular formula is C13H14F3NO. The molecule has 2 nitrogen and oxygen atoms in total. The SMILES string of the molecule is Cc1ccc(NC(=O)[C@@H]2C[C@@H]2C)cc1C(F)(F)F. The normalized spacial score (nSPS) is 22.7. The molecule has 1 aromatic carbocycles. The summed E-state index contributed by atoms with van der Waals surface area (Å²) in [6.07, 6.45) is -3.58. The van der Waals surface area contributed by atoms with Gasteiger partial charge in [-0.05, 0) is 37.0 Å². The lowest BCUT2D eigenvalue weighted by atomic mass is 10.1. The highest BCUT2D eigenvalue weighted by Crippen LogP contribution is 2.39. The molecule has 0 aliphatic heterocycles. The van der Waals surface area contributed by atoms with E-state index in [0.717, 1.165) is 12.5 Å². The van der Waals surface area contributed by atoms with Gasteiger partial charge in [-0.25, -0.2) is 0 Å². The molecular weight excluding hydrogens is 243 g/mol. The molecule has 0 unspecified atom stereocenters. The Labute approximate surface area is 103 Å². The first-order valence-electron chi connectivity index (χ1n) is 5.77. The van der Waals surface area contributed by atoms with Crippen LogP contribution in [-0.2, 0) is 11.0 Å². The topological polar surface area (TPSA) is 29.1 Å². The second-order valence-corrected chi connectivity index (χ2v) is 4.84. The van der Waals surface area contributed by atoms with E-state index in [1.807, 2.05) is 6.92 Å². The van der Waals surface area contributed by atoms with E-state index in [1.165, 1.54) is 19.1 Å². The third kappa shape index (κ3) is 2.66. The van der Waals surface area contributed by atoms with Gasteiger partial charge < -0.3 is 5.32 Å². The summed E-state index contributed by atoms with van der Waals surface area (Å²) in [7, 11) is 0. The molecule has 0 spiro atoms. The zero-order chi connectivity index (χ0) is 13.5. The number of hydrogen-bond acceptors (Lipinski definition) is 1. The van der Waals surface area contributed by atoms with Gasteiger partial charge in [0, 0.05) is 11.6 Å². The van der Waals surface area contributed by atoms with E-state index in [9.17, 15) is 18.0 Å². The molecule has 2 atom stereocenters. The van der Waals surface area contributed by atoms with Gasteiger partial charge in [-0.15, -0.1) is 0 Å². The van der Waals surface area contributed by atoms with E-state index >= 15 is 0 Å². The number of aryl methyl sites for hydroxylation is 1. The van der Waals surface area contributed by atoms with E-state index < -0.39 is 11.7 Å². The Kier molecular flexibility index (Phi) is 3.09. The molecule has 1 aliphatic rings. The summed E-state index contributed by atoms with van der Waals surface area (Å²) in [5.74, 6) is 0.0812. The number of alkyl halides is 3. The maximum absolute atomic E-state index is 12.7. The fourth-order valence-corrected chi connectivity index (χ4v) is 1.93. The average Bonchev–Trinajstić information content (AvgIpc) is 2.97. The fourth-order valence-electron chi connectivity index (χ4n) is 1.93. The van der Waals surface area contributed by atoms with E-state index in [1.54, 1.807) is 0 Å². The van der Waals surface area contributed by atoms with Crippen LogP contribution in [0.5, 0.6) is 0 Å². The molecule has 1 aromatic rings. The lowest BCUT2D eigenvalue weighted by Gasteiger charge is -2.12. The van der Waals surface area contributed by atoms with Crippen LogP contribution < -0.4 is 5.32 Å². The molecule has 1 saturated carbocycles. The molecule has 0 saturated heterocycles. The molecule has 1 aliphatic carbocycles. The van der Waals surface area contributed by atoms with Crippen LogP contribution in [0, 0.1) is 18.8 Å². The second-order valence-electron chi connectivity index (χ2n) is 4.84. The van der Waals surface area contributed by atoms with Crippen LogP contribution in [-0.4, -0.2) is 5.91 Å². The highest BCUT2D eigenvalue weighted by Gasteiger charge is 2.39. The molecule has 98 valence electrons. The van der Waals surface area contributed by atoms with Crippen LogP contribution in [0.4, 0.5) is 18.9 Å². The number of anilines is 1. The summed E-state index contributed by atoms with van der Waals surface area (Å²) in [5, 5.41) is 2.54. The number of benzene rings is 1. The van der Waals surface area contributed by atoms with Crippen molar-refractivity contribution in [3.8, 4) is 0 Å². The Morgan fingerprint density at radius 3 is 2.50 bits per heavy atom. The Balaban J connectivity index is 2.17. The van der Waals surface area contributed by atoms with Gasteiger partial charge in [0.25, 0.3) is 0 Å². The predicted molar refractivity (Wildman–Crippen MR) is 62.1 cm³/mol. The van der Waals surface area contributed by atoms with Crippen molar-refractivity contribution in [1.82, 2.24) is 0 Å². The van der Waals surface area contributed by atoms with Gasteiger partial charge in [0.2, 0.25) is 5.91 Å². The van der Waals surface area contributed by atoms with E-state index in [-0.39, 0.29) is 23.1 Å². The number of carbonyl (C=O) groups excluding carboxylic acids is 1. The predicted octanol–water partition coefficient (Wildman–Crippen LogP) is 3.61. The zero-order valence-corrected chi connectivity index (χ0v) is 10.1. The van der Waals surface area contributed by atoms with Crippen LogP contribution >= 0.6 is 0 Å². The first kappa shape index (κ1) is 12.9. The molecule has 1 N–H and O–H groups in total. The molecule has 2 rings (SSSR count). The van der Waals surface area contributed by atoms with Crippen molar-refractivity contribution >= 4 is 11.6 Å². The fraction of sp³-hybridized carbons (Fsp3) is 0.462. The largest absolute Gasteiger partial charge is 0.416 e. The summed E-state index contributed by atoms with van der Waals surface area (Å²) < 4.78 is 38.1. The molecule has 18 heavy (non-hydrogen) atoms. The summed E-state index contributed by atoms with van der Waals surface area (Å²) in [5.41, 5.74) is -0.346. The summed E-state index contributed by atoms with van der Waals surface area (Å²) in [6, 6.07) is 3.85. The molecule has 1 amide bonds. The Hall–Kier alpha value is -1.52. The maximum Gasteiger partial charge on any atom is 0.416 e. The summed E-state index contributed by atoms with van der Waals surface area (Å²) in [4.78, 5) is 11.6. The first-order valence-corrected chi connectivity index (χ1v) is 5.77. The van der Waals surface area contributed by atoms with Gasteiger partial charge in [0.1, 0.15) is 0 Å². The van der Waals surface area contributed by atoms with Gasteiger partial charge in [-0.3, -0.25) is 4.79 Å². The smallest absolute Gasteiger partial charge is 0.326 e. The summed E-state index contributed by atoms with van der Waals surface area (Å²) >= 11 is 0. The van der Waals surface area contributed by atoms with Crippen LogP contribution in [0.1, 0.15) is 24.5 Å². The first-order chi connectivity index (χ1) is 8.29. The van der Waals surface area contributed by atoms with Crippen molar-refractivity contribution < 1.29 is 18.0 Å². The Bertz CT molecular complexity index is 482. The van der Waals surface area contributed by atoms with Crippen molar-refractivity contribution in [3.05, 3.63) is 29.3 Å². The number of amides is 1. The van der Waals surface area contributed by atoms with Crippen molar-refractivity contribution in [2.45, 2.75) is 26.4 Å². The minimum absolute atomic E-state index is 0.0550. The van der Waals surface area contributed by atoms with Gasteiger partial charge >= 0.3 is 6.18 Å². The Morgan fingerprint density at radius 1 is 1.39 bits per heavy atom. The minimum Gasteiger partial charge on any atom is -0.326 e. The standard InChI is InChI=1S/C13H14F3NO/c1-7-3-4-9(6-11(7)13(14,15)16)17-12(18)10-5-8(10)2/h3-4,6,8,10H,5H2,1-2H3,(H,17,18)/t8-,10+/m0/s1.